The summed E-state index contributed by atoms with van der Waals surface area (Å²) in [6.45, 7) is 2.07. The Kier molecular flexibility index (Phi) is 4.47. The molecule has 1 aliphatic rings. The van der Waals surface area contributed by atoms with Crippen LogP contribution in [-0.2, 0) is 0 Å². The molecule has 0 radical (unpaired) electrons. The highest BCUT2D eigenvalue weighted by molar-refractivity contribution is 5.94. The minimum Gasteiger partial charge on any atom is -0.398 e. The van der Waals surface area contributed by atoms with Gasteiger partial charge in [0.2, 0.25) is 0 Å². The number of aryl methyl sites for hydroxylation is 1. The summed E-state index contributed by atoms with van der Waals surface area (Å²) >= 11 is 0. The quantitative estimate of drug-likeness (QED) is 0.844. The maximum absolute atomic E-state index is 12.3. The van der Waals surface area contributed by atoms with Gasteiger partial charge in [-0.15, -0.1) is 0 Å². The summed E-state index contributed by atoms with van der Waals surface area (Å²) in [5.41, 5.74) is 11.2. The molecular formula is C20H22N2O. The van der Waals surface area contributed by atoms with Gasteiger partial charge >= 0.3 is 0 Å². The van der Waals surface area contributed by atoms with Crippen molar-refractivity contribution in [2.75, 3.05) is 5.73 Å². The van der Waals surface area contributed by atoms with Crippen LogP contribution in [0.1, 0.15) is 40.7 Å². The Morgan fingerprint density at radius 2 is 1.96 bits per heavy atom. The molecule has 0 saturated carbocycles. The molecule has 1 aliphatic carbocycles. The first-order chi connectivity index (χ1) is 11.1. The summed E-state index contributed by atoms with van der Waals surface area (Å²) in [5, 5.41) is 3.11. The minimum absolute atomic E-state index is 0.0229. The van der Waals surface area contributed by atoms with Crippen LogP contribution in [0.4, 0.5) is 5.69 Å². The van der Waals surface area contributed by atoms with E-state index in [1.807, 2.05) is 42.5 Å². The third-order valence-corrected chi connectivity index (χ3v) is 4.27. The number of nitrogens with two attached hydrogens (primary N) is 1. The Balaban J connectivity index is 1.79. The van der Waals surface area contributed by atoms with E-state index in [0.29, 0.717) is 5.56 Å². The van der Waals surface area contributed by atoms with Gasteiger partial charge in [0, 0.05) is 22.9 Å². The Hall–Kier alpha value is -2.55. The maximum atomic E-state index is 12.3. The molecule has 2 aromatic rings. The van der Waals surface area contributed by atoms with E-state index in [0.717, 1.165) is 30.5 Å². The number of benzene rings is 2. The van der Waals surface area contributed by atoms with Gasteiger partial charge in [0.1, 0.15) is 0 Å². The van der Waals surface area contributed by atoms with E-state index >= 15 is 0 Å². The van der Waals surface area contributed by atoms with Crippen molar-refractivity contribution in [3.63, 3.8) is 0 Å². The van der Waals surface area contributed by atoms with E-state index in [1.54, 1.807) is 0 Å². The van der Waals surface area contributed by atoms with Gasteiger partial charge in [-0.1, -0.05) is 35.9 Å². The average molecular weight is 306 g/mol. The fourth-order valence-corrected chi connectivity index (χ4v) is 3.05. The molecule has 0 aliphatic heterocycles. The molecule has 1 amide bonds. The fourth-order valence-electron chi connectivity index (χ4n) is 3.05. The smallest absolute Gasteiger partial charge is 0.251 e. The molecule has 2 aromatic carbocycles. The molecule has 0 fully saturated rings. The van der Waals surface area contributed by atoms with Crippen LogP contribution in [0.5, 0.6) is 0 Å². The molecular weight excluding hydrogens is 284 g/mol. The predicted octanol–water partition coefficient (Wildman–Crippen LogP) is 3.94. The van der Waals surface area contributed by atoms with Crippen molar-refractivity contribution in [2.45, 2.75) is 32.2 Å². The summed E-state index contributed by atoms with van der Waals surface area (Å²) in [4.78, 5) is 12.3. The zero-order valence-electron chi connectivity index (χ0n) is 13.4. The van der Waals surface area contributed by atoms with Crippen molar-refractivity contribution < 1.29 is 4.79 Å². The first-order valence-electron chi connectivity index (χ1n) is 8.06. The molecule has 3 N–H and O–H groups in total. The highest BCUT2D eigenvalue weighted by Gasteiger charge is 2.18. The lowest BCUT2D eigenvalue weighted by Crippen LogP contribution is -2.34. The van der Waals surface area contributed by atoms with E-state index < -0.39 is 0 Å². The lowest BCUT2D eigenvalue weighted by Gasteiger charge is -2.23. The molecule has 3 heteroatoms. The van der Waals surface area contributed by atoms with Crippen LogP contribution in [0.15, 0.2) is 54.6 Å². The summed E-state index contributed by atoms with van der Waals surface area (Å²) in [6, 6.07) is 15.5. The molecule has 118 valence electrons. The predicted molar refractivity (Wildman–Crippen MR) is 95.1 cm³/mol. The van der Waals surface area contributed by atoms with E-state index in [-0.39, 0.29) is 11.9 Å². The molecule has 0 saturated heterocycles. The van der Waals surface area contributed by atoms with E-state index in [9.17, 15) is 4.79 Å². The lowest BCUT2D eigenvalue weighted by atomic mass is 9.89. The Morgan fingerprint density at radius 1 is 1.17 bits per heavy atom. The van der Waals surface area contributed by atoms with Crippen molar-refractivity contribution in [1.82, 2.24) is 5.32 Å². The number of rotatable bonds is 3. The molecule has 0 aromatic heterocycles. The van der Waals surface area contributed by atoms with Gasteiger partial charge in [-0.3, -0.25) is 4.79 Å². The Bertz CT molecular complexity index is 735. The van der Waals surface area contributed by atoms with Crippen LogP contribution in [-0.4, -0.2) is 11.9 Å². The van der Waals surface area contributed by atoms with Gasteiger partial charge in [0.05, 0.1) is 0 Å². The maximum Gasteiger partial charge on any atom is 0.251 e. The van der Waals surface area contributed by atoms with Gasteiger partial charge in [-0.2, -0.15) is 0 Å². The number of carbonyl (C=O) groups is 1. The number of amides is 1. The molecule has 0 heterocycles. The largest absolute Gasteiger partial charge is 0.398 e. The third kappa shape index (κ3) is 3.62. The van der Waals surface area contributed by atoms with Crippen LogP contribution in [0, 0.1) is 6.92 Å². The molecule has 0 bridgehead atoms. The highest BCUT2D eigenvalue weighted by Crippen LogP contribution is 2.31. The van der Waals surface area contributed by atoms with Crippen LogP contribution in [0.3, 0.4) is 0 Å². The number of allylic oxidation sites excluding steroid dienone is 1. The van der Waals surface area contributed by atoms with Crippen LogP contribution in [0.2, 0.25) is 0 Å². The second kappa shape index (κ2) is 6.69. The average Bonchev–Trinajstić information content (AvgIpc) is 2.58. The SMILES string of the molecule is Cc1ccc(N)c(C2=CC(NC(=O)c3ccccc3)CCC2)c1. The van der Waals surface area contributed by atoms with Crippen molar-refractivity contribution in [3.8, 4) is 0 Å². The fraction of sp³-hybridized carbons (Fsp3) is 0.250. The number of hydrogen-bond donors (Lipinski definition) is 2. The number of nitrogen functional groups attached to an aromatic ring is 1. The lowest BCUT2D eigenvalue weighted by molar-refractivity contribution is 0.0942. The zero-order valence-corrected chi connectivity index (χ0v) is 13.4. The molecule has 1 atom stereocenters. The summed E-state index contributed by atoms with van der Waals surface area (Å²) in [7, 11) is 0. The first-order valence-corrected chi connectivity index (χ1v) is 8.06. The second-order valence-electron chi connectivity index (χ2n) is 6.12. The van der Waals surface area contributed by atoms with Crippen LogP contribution < -0.4 is 11.1 Å². The molecule has 3 nitrogen and oxygen atoms in total. The highest BCUT2D eigenvalue weighted by atomic mass is 16.1. The Labute approximate surface area is 137 Å². The summed E-state index contributed by atoms with van der Waals surface area (Å²) in [6.07, 6.45) is 5.19. The number of nitrogens with one attached hydrogen (secondary N) is 1. The minimum atomic E-state index is -0.0229. The van der Waals surface area contributed by atoms with Gasteiger partial charge < -0.3 is 11.1 Å². The van der Waals surface area contributed by atoms with Gasteiger partial charge in [0.15, 0.2) is 0 Å². The topological polar surface area (TPSA) is 55.1 Å². The van der Waals surface area contributed by atoms with Gasteiger partial charge in [-0.05, 0) is 56.0 Å². The van der Waals surface area contributed by atoms with E-state index in [4.69, 9.17) is 5.73 Å². The molecule has 0 spiro atoms. The summed E-state index contributed by atoms with van der Waals surface area (Å²) in [5.74, 6) is -0.0229. The number of carbonyl (C=O) groups excluding carboxylic acids is 1. The number of anilines is 1. The standard InChI is InChI=1S/C20H22N2O/c1-14-10-11-19(21)18(12-14)16-8-5-9-17(13-16)22-20(23)15-6-3-2-4-7-15/h2-4,6-7,10-13,17H,5,8-9,21H2,1H3,(H,22,23). The molecule has 23 heavy (non-hydrogen) atoms. The second-order valence-corrected chi connectivity index (χ2v) is 6.12. The Morgan fingerprint density at radius 3 is 2.74 bits per heavy atom. The van der Waals surface area contributed by atoms with Crippen molar-refractivity contribution >= 4 is 17.2 Å². The van der Waals surface area contributed by atoms with Crippen molar-refractivity contribution in [2.24, 2.45) is 0 Å². The normalized spacial score (nSPS) is 17.4. The first kappa shape index (κ1) is 15.3. The van der Waals surface area contributed by atoms with E-state index in [1.165, 1.54) is 11.1 Å². The van der Waals surface area contributed by atoms with Crippen LogP contribution in [0.25, 0.3) is 5.57 Å². The van der Waals surface area contributed by atoms with Gasteiger partial charge in [0.25, 0.3) is 5.91 Å². The molecule has 3 rings (SSSR count). The molecule has 1 unspecified atom stereocenters. The zero-order chi connectivity index (χ0) is 16.2. The third-order valence-electron chi connectivity index (χ3n) is 4.27. The van der Waals surface area contributed by atoms with Crippen LogP contribution >= 0.6 is 0 Å². The monoisotopic (exact) mass is 306 g/mol. The summed E-state index contributed by atoms with van der Waals surface area (Å²) < 4.78 is 0. The van der Waals surface area contributed by atoms with Gasteiger partial charge in [-0.25, -0.2) is 0 Å². The van der Waals surface area contributed by atoms with Crippen molar-refractivity contribution in [1.29, 1.82) is 0 Å². The van der Waals surface area contributed by atoms with Crippen molar-refractivity contribution in [3.05, 3.63) is 71.3 Å². The van der Waals surface area contributed by atoms with E-state index in [2.05, 4.69) is 24.4 Å². The number of hydrogen-bond acceptors (Lipinski definition) is 2.